The summed E-state index contributed by atoms with van der Waals surface area (Å²) in [7, 11) is -1.34. The Balaban J connectivity index is 1.66. The van der Waals surface area contributed by atoms with Crippen LogP contribution in [0.3, 0.4) is 0 Å². The monoisotopic (exact) mass is 391 g/mol. The summed E-state index contributed by atoms with van der Waals surface area (Å²) >= 11 is 1.28. The van der Waals surface area contributed by atoms with Gasteiger partial charge in [0.15, 0.2) is 15.0 Å². The average molecular weight is 392 g/mol. The van der Waals surface area contributed by atoms with E-state index in [0.717, 1.165) is 17.0 Å². The van der Waals surface area contributed by atoms with Crippen molar-refractivity contribution in [2.75, 3.05) is 24.3 Å². The van der Waals surface area contributed by atoms with Crippen molar-refractivity contribution in [1.29, 1.82) is 0 Å². The van der Waals surface area contributed by atoms with Gasteiger partial charge in [-0.05, 0) is 19.4 Å². The van der Waals surface area contributed by atoms with Gasteiger partial charge in [0.2, 0.25) is 5.91 Å². The van der Waals surface area contributed by atoms with Crippen LogP contribution in [0, 0.1) is 6.92 Å². The smallest absolute Gasteiger partial charge is 0.233 e. The number of amides is 1. The van der Waals surface area contributed by atoms with Crippen LogP contribution in [0.4, 0.5) is 0 Å². The Hall–Kier alpha value is -1.93. The average Bonchev–Trinajstić information content (AvgIpc) is 2.99. The Labute approximate surface area is 158 Å². The Bertz CT molecular complexity index is 901. The van der Waals surface area contributed by atoms with Crippen molar-refractivity contribution in [3.63, 3.8) is 0 Å². The zero-order valence-corrected chi connectivity index (χ0v) is 16.4. The normalized spacial score (nSPS) is 18.6. The molecule has 26 heavy (non-hydrogen) atoms. The zero-order valence-electron chi connectivity index (χ0n) is 14.8. The highest BCUT2D eigenvalue weighted by Crippen LogP contribution is 2.23. The lowest BCUT2D eigenvalue weighted by molar-refractivity contribution is -0.128. The SMILES string of the molecule is Cc1cc(-c2ccccc2)nc(SCC(=O)N(C)[C@@H]2CCS(=O)(=O)C2)n1. The number of carbonyl (C=O) groups is 1. The van der Waals surface area contributed by atoms with E-state index >= 15 is 0 Å². The van der Waals surface area contributed by atoms with Gasteiger partial charge in [-0.3, -0.25) is 4.79 Å². The van der Waals surface area contributed by atoms with Crippen molar-refractivity contribution in [3.8, 4) is 11.3 Å². The molecule has 0 radical (unpaired) electrons. The molecular formula is C18H21N3O3S2. The van der Waals surface area contributed by atoms with Gasteiger partial charge in [0.1, 0.15) is 0 Å². The lowest BCUT2D eigenvalue weighted by atomic mass is 10.1. The van der Waals surface area contributed by atoms with Crippen LogP contribution in [-0.2, 0) is 14.6 Å². The van der Waals surface area contributed by atoms with Crippen molar-refractivity contribution in [1.82, 2.24) is 14.9 Å². The first kappa shape index (κ1) is 18.8. The maximum absolute atomic E-state index is 12.4. The summed E-state index contributed by atoms with van der Waals surface area (Å²) in [5, 5.41) is 0.546. The Morgan fingerprint density at radius 1 is 1.27 bits per heavy atom. The predicted octanol–water partition coefficient (Wildman–Crippen LogP) is 2.19. The number of sulfone groups is 1. The first-order valence-corrected chi connectivity index (χ1v) is 11.1. The molecule has 1 aromatic carbocycles. The predicted molar refractivity (Wildman–Crippen MR) is 103 cm³/mol. The fourth-order valence-electron chi connectivity index (χ4n) is 2.88. The summed E-state index contributed by atoms with van der Waals surface area (Å²) in [6.07, 6.45) is 0.508. The fourth-order valence-corrected chi connectivity index (χ4v) is 5.48. The molecule has 1 fully saturated rings. The van der Waals surface area contributed by atoms with E-state index in [0.29, 0.717) is 11.6 Å². The van der Waals surface area contributed by atoms with Crippen LogP contribution in [0.15, 0.2) is 41.6 Å². The van der Waals surface area contributed by atoms with E-state index in [4.69, 9.17) is 0 Å². The summed E-state index contributed by atoms with van der Waals surface area (Å²) in [4.78, 5) is 22.9. The second-order valence-electron chi connectivity index (χ2n) is 6.39. The molecule has 2 aromatic rings. The number of aryl methyl sites for hydroxylation is 1. The molecule has 1 atom stereocenters. The molecule has 0 unspecified atom stereocenters. The van der Waals surface area contributed by atoms with Gasteiger partial charge in [-0.2, -0.15) is 0 Å². The third kappa shape index (κ3) is 4.62. The lowest BCUT2D eigenvalue weighted by Gasteiger charge is -2.23. The number of hydrogen-bond acceptors (Lipinski definition) is 6. The number of benzene rings is 1. The quantitative estimate of drug-likeness (QED) is 0.574. The summed E-state index contributed by atoms with van der Waals surface area (Å²) in [5.74, 6) is 0.289. The van der Waals surface area contributed by atoms with Crippen LogP contribution < -0.4 is 0 Å². The number of thioether (sulfide) groups is 1. The van der Waals surface area contributed by atoms with Crippen LogP contribution >= 0.6 is 11.8 Å². The number of carbonyl (C=O) groups excluding carboxylic acids is 1. The van der Waals surface area contributed by atoms with Gasteiger partial charge in [0.05, 0.1) is 23.0 Å². The standard InChI is InChI=1S/C18H21N3O3S2/c1-13-10-16(14-6-4-3-5-7-14)20-18(19-13)25-11-17(22)21(2)15-8-9-26(23,24)12-15/h3-7,10,15H,8-9,11-12H2,1-2H3/t15-/m1/s1. The topological polar surface area (TPSA) is 80.2 Å². The third-order valence-corrected chi connectivity index (χ3v) is 6.96. The maximum atomic E-state index is 12.4. The molecule has 0 bridgehead atoms. The second-order valence-corrected chi connectivity index (χ2v) is 9.56. The molecule has 0 saturated carbocycles. The van der Waals surface area contributed by atoms with Gasteiger partial charge in [-0.25, -0.2) is 18.4 Å². The highest BCUT2D eigenvalue weighted by atomic mass is 32.2. The highest BCUT2D eigenvalue weighted by Gasteiger charge is 2.32. The molecule has 1 amide bonds. The Kier molecular flexibility index (Phi) is 5.62. The highest BCUT2D eigenvalue weighted by molar-refractivity contribution is 7.99. The van der Waals surface area contributed by atoms with E-state index in [1.54, 1.807) is 11.9 Å². The molecule has 6 nitrogen and oxygen atoms in total. The summed E-state index contributed by atoms with van der Waals surface area (Å²) in [6, 6.07) is 11.5. The molecule has 1 aromatic heterocycles. The lowest BCUT2D eigenvalue weighted by Crippen LogP contribution is -2.38. The fraction of sp³-hybridized carbons (Fsp3) is 0.389. The van der Waals surface area contributed by atoms with Gasteiger partial charge in [0.25, 0.3) is 0 Å². The molecule has 1 aliphatic heterocycles. The first-order chi connectivity index (χ1) is 12.3. The summed E-state index contributed by atoms with van der Waals surface area (Å²) in [6.45, 7) is 1.90. The molecule has 0 N–H and O–H groups in total. The van der Waals surface area contributed by atoms with Gasteiger partial charge in [-0.1, -0.05) is 42.1 Å². The van der Waals surface area contributed by atoms with E-state index in [-0.39, 0.29) is 29.2 Å². The van der Waals surface area contributed by atoms with Crippen molar-refractivity contribution in [3.05, 3.63) is 42.1 Å². The van der Waals surface area contributed by atoms with E-state index in [1.165, 1.54) is 11.8 Å². The van der Waals surface area contributed by atoms with E-state index in [1.807, 2.05) is 43.3 Å². The van der Waals surface area contributed by atoms with Gasteiger partial charge < -0.3 is 4.90 Å². The van der Waals surface area contributed by atoms with E-state index in [2.05, 4.69) is 9.97 Å². The number of hydrogen-bond donors (Lipinski definition) is 0. The molecule has 0 spiro atoms. The maximum Gasteiger partial charge on any atom is 0.233 e. The third-order valence-electron chi connectivity index (χ3n) is 4.38. The van der Waals surface area contributed by atoms with Crippen molar-refractivity contribution in [2.24, 2.45) is 0 Å². The van der Waals surface area contributed by atoms with Crippen molar-refractivity contribution >= 4 is 27.5 Å². The van der Waals surface area contributed by atoms with Crippen LogP contribution in [0.5, 0.6) is 0 Å². The van der Waals surface area contributed by atoms with Gasteiger partial charge >= 0.3 is 0 Å². The summed E-state index contributed by atoms with van der Waals surface area (Å²) in [5.41, 5.74) is 2.66. The van der Waals surface area contributed by atoms with Crippen LogP contribution in [-0.4, -0.2) is 59.5 Å². The minimum Gasteiger partial charge on any atom is -0.341 e. The molecule has 8 heteroatoms. The van der Waals surface area contributed by atoms with Crippen LogP contribution in [0.2, 0.25) is 0 Å². The number of rotatable bonds is 5. The summed E-state index contributed by atoms with van der Waals surface area (Å²) < 4.78 is 23.2. The van der Waals surface area contributed by atoms with Crippen molar-refractivity contribution < 1.29 is 13.2 Å². The van der Waals surface area contributed by atoms with Crippen molar-refractivity contribution in [2.45, 2.75) is 24.5 Å². The second kappa shape index (κ2) is 7.75. The largest absolute Gasteiger partial charge is 0.341 e. The molecule has 1 saturated heterocycles. The zero-order chi connectivity index (χ0) is 18.7. The molecule has 1 aliphatic rings. The van der Waals surface area contributed by atoms with Crippen LogP contribution in [0.25, 0.3) is 11.3 Å². The number of nitrogens with zero attached hydrogens (tertiary/aromatic N) is 3. The molecule has 2 heterocycles. The first-order valence-electron chi connectivity index (χ1n) is 8.34. The Morgan fingerprint density at radius 2 is 2.00 bits per heavy atom. The van der Waals surface area contributed by atoms with E-state index in [9.17, 15) is 13.2 Å². The number of aromatic nitrogens is 2. The molecule has 3 rings (SSSR count). The molecule has 138 valence electrons. The minimum absolute atomic E-state index is 0.0546. The van der Waals surface area contributed by atoms with Gasteiger partial charge in [-0.15, -0.1) is 0 Å². The molecule has 0 aliphatic carbocycles. The van der Waals surface area contributed by atoms with E-state index < -0.39 is 9.84 Å². The Morgan fingerprint density at radius 3 is 2.65 bits per heavy atom. The molecular weight excluding hydrogens is 370 g/mol. The van der Waals surface area contributed by atoms with Crippen LogP contribution in [0.1, 0.15) is 12.1 Å². The minimum atomic E-state index is -3.01. The van der Waals surface area contributed by atoms with Gasteiger partial charge in [0, 0.05) is 24.3 Å².